The molecule has 2 N–H and O–H groups in total. The third-order valence-corrected chi connectivity index (χ3v) is 4.60. The molecule has 0 aliphatic carbocycles. The lowest BCUT2D eigenvalue weighted by atomic mass is 10.0. The Morgan fingerprint density at radius 3 is 2.79 bits per heavy atom. The lowest BCUT2D eigenvalue weighted by Crippen LogP contribution is -2.34. The highest BCUT2D eigenvalue weighted by atomic mass is 16.5. The van der Waals surface area contributed by atoms with E-state index in [4.69, 9.17) is 4.74 Å². The number of H-pyrrole nitrogens is 1. The molecule has 0 atom stereocenters. The van der Waals surface area contributed by atoms with Crippen LogP contribution in [0.1, 0.15) is 31.4 Å². The van der Waals surface area contributed by atoms with Crippen molar-refractivity contribution in [2.75, 3.05) is 6.61 Å². The largest absolute Gasteiger partial charge is 0.484 e. The average molecular weight is 389 g/mol. The van der Waals surface area contributed by atoms with Gasteiger partial charge in [-0.25, -0.2) is 0 Å². The second-order valence-corrected chi connectivity index (χ2v) is 7.39. The molecule has 0 radical (unpaired) electrons. The smallest absolute Gasteiger partial charge is 0.258 e. The third-order valence-electron chi connectivity index (χ3n) is 4.60. The first-order valence-corrected chi connectivity index (χ1v) is 9.64. The van der Waals surface area contributed by atoms with E-state index in [1.807, 2.05) is 50.4 Å². The van der Waals surface area contributed by atoms with Crippen LogP contribution in [-0.2, 0) is 11.2 Å². The number of nitrogens with zero attached hydrogens (tertiary/aromatic N) is 3. The molecule has 1 aliphatic rings. The summed E-state index contributed by atoms with van der Waals surface area (Å²) in [6.45, 7) is 3.84. The maximum atomic E-state index is 11.7. The number of hydrogen-bond donors (Lipinski definition) is 2. The van der Waals surface area contributed by atoms with Gasteiger partial charge < -0.3 is 10.1 Å². The van der Waals surface area contributed by atoms with E-state index >= 15 is 0 Å². The molecule has 7 nitrogen and oxygen atoms in total. The third kappa shape index (κ3) is 4.68. The van der Waals surface area contributed by atoms with Crippen LogP contribution in [0, 0.1) is 0 Å². The molecule has 0 saturated heterocycles. The van der Waals surface area contributed by atoms with Crippen molar-refractivity contribution in [1.82, 2.24) is 15.5 Å². The minimum Gasteiger partial charge on any atom is -0.484 e. The first-order chi connectivity index (χ1) is 14.1. The minimum absolute atomic E-state index is 0.00669. The summed E-state index contributed by atoms with van der Waals surface area (Å²) in [6.07, 6.45) is 3.31. The van der Waals surface area contributed by atoms with Crippen LogP contribution in [0.5, 0.6) is 5.75 Å². The zero-order valence-corrected chi connectivity index (χ0v) is 16.5. The number of fused-ring (bicyclic) bond motifs is 1. The number of hydrogen-bond acceptors (Lipinski definition) is 5. The molecule has 29 heavy (non-hydrogen) atoms. The number of carbonyl (C=O) groups is 1. The average Bonchev–Trinajstić information content (AvgIpc) is 3.35. The first-order valence-electron chi connectivity index (χ1n) is 9.64. The summed E-state index contributed by atoms with van der Waals surface area (Å²) in [4.78, 5) is 11.7. The summed E-state index contributed by atoms with van der Waals surface area (Å²) in [5.41, 5.74) is 5.20. The molecular formula is C22H23N5O2. The standard InChI is InChI=1S/C22H23N5O2/c1-14(2)24-22(28)13-29-19-6-4-16(5-7-19)21-11-18(25-27-21)10-15-3-8-20-17(9-15)12-23-26-20/h3-9,12,14H,10-11,13H2,1-2H3,(H,23,26)(H,24,28). The van der Waals surface area contributed by atoms with E-state index in [1.54, 1.807) is 0 Å². The Hall–Kier alpha value is -3.48. The van der Waals surface area contributed by atoms with Crippen LogP contribution in [0.4, 0.5) is 0 Å². The lowest BCUT2D eigenvalue weighted by molar-refractivity contribution is -0.123. The first kappa shape index (κ1) is 18.9. The molecule has 2 heterocycles. The van der Waals surface area contributed by atoms with Gasteiger partial charge in [0.15, 0.2) is 6.61 Å². The van der Waals surface area contributed by atoms with Crippen LogP contribution < -0.4 is 10.1 Å². The lowest BCUT2D eigenvalue weighted by Gasteiger charge is -2.10. The van der Waals surface area contributed by atoms with Crippen LogP contribution in [0.2, 0.25) is 0 Å². The Balaban J connectivity index is 1.31. The molecule has 0 saturated carbocycles. The zero-order chi connectivity index (χ0) is 20.2. The molecule has 3 aromatic rings. The second kappa shape index (κ2) is 8.26. The van der Waals surface area contributed by atoms with Gasteiger partial charge in [-0.2, -0.15) is 15.3 Å². The molecule has 0 fully saturated rings. The number of rotatable bonds is 7. The summed E-state index contributed by atoms with van der Waals surface area (Å²) in [5, 5.41) is 19.6. The van der Waals surface area contributed by atoms with Crippen molar-refractivity contribution >= 4 is 28.2 Å². The van der Waals surface area contributed by atoms with Crippen molar-refractivity contribution in [1.29, 1.82) is 0 Å². The molecule has 7 heteroatoms. The second-order valence-electron chi connectivity index (χ2n) is 7.39. The normalized spacial score (nSPS) is 13.5. The molecule has 148 valence electrons. The topological polar surface area (TPSA) is 91.7 Å². The van der Waals surface area contributed by atoms with Crippen molar-refractivity contribution in [2.45, 2.75) is 32.7 Å². The van der Waals surface area contributed by atoms with Gasteiger partial charge in [-0.1, -0.05) is 6.07 Å². The van der Waals surface area contributed by atoms with E-state index < -0.39 is 0 Å². The molecule has 0 spiro atoms. The zero-order valence-electron chi connectivity index (χ0n) is 16.5. The summed E-state index contributed by atoms with van der Waals surface area (Å²) in [7, 11) is 0. The SMILES string of the molecule is CC(C)NC(=O)COc1ccc(C2=NN=C(Cc3ccc4[nH]ncc4c3)C2)cc1. The van der Waals surface area contributed by atoms with E-state index in [9.17, 15) is 4.79 Å². The molecule has 1 amide bonds. The van der Waals surface area contributed by atoms with Crippen molar-refractivity contribution in [3.8, 4) is 5.75 Å². The number of aromatic nitrogens is 2. The summed E-state index contributed by atoms with van der Waals surface area (Å²) in [5.74, 6) is 0.525. The number of nitrogens with one attached hydrogen (secondary N) is 2. The molecule has 1 aliphatic heterocycles. The van der Waals surface area contributed by atoms with E-state index in [-0.39, 0.29) is 18.6 Å². The Kier molecular flexibility index (Phi) is 5.37. The maximum absolute atomic E-state index is 11.7. The number of benzene rings is 2. The van der Waals surface area contributed by atoms with Gasteiger partial charge in [-0.05, 0) is 61.4 Å². The van der Waals surface area contributed by atoms with Gasteiger partial charge in [-0.3, -0.25) is 9.89 Å². The highest BCUT2D eigenvalue weighted by Gasteiger charge is 2.15. The van der Waals surface area contributed by atoms with E-state index in [1.165, 1.54) is 5.56 Å². The van der Waals surface area contributed by atoms with Gasteiger partial charge in [0.05, 0.1) is 23.1 Å². The summed E-state index contributed by atoms with van der Waals surface area (Å²) < 4.78 is 5.53. The van der Waals surface area contributed by atoms with Crippen molar-refractivity contribution in [3.63, 3.8) is 0 Å². The van der Waals surface area contributed by atoms with E-state index in [2.05, 4.69) is 37.8 Å². The predicted molar refractivity (Wildman–Crippen MR) is 114 cm³/mol. The van der Waals surface area contributed by atoms with Crippen LogP contribution in [-0.4, -0.2) is 40.2 Å². The maximum Gasteiger partial charge on any atom is 0.258 e. The summed E-state index contributed by atoms with van der Waals surface area (Å²) in [6, 6.07) is 14.0. The van der Waals surface area contributed by atoms with E-state index in [0.29, 0.717) is 5.75 Å². The molecule has 2 aromatic carbocycles. The number of aromatic amines is 1. The highest BCUT2D eigenvalue weighted by molar-refractivity contribution is 6.15. The van der Waals surface area contributed by atoms with Gasteiger partial charge in [0, 0.05) is 24.3 Å². The van der Waals surface area contributed by atoms with Crippen molar-refractivity contribution in [2.24, 2.45) is 10.2 Å². The molecule has 0 unspecified atom stereocenters. The fraction of sp³-hybridized carbons (Fsp3) is 0.273. The monoisotopic (exact) mass is 389 g/mol. The van der Waals surface area contributed by atoms with E-state index in [0.717, 1.165) is 40.7 Å². The van der Waals surface area contributed by atoms with Crippen LogP contribution >= 0.6 is 0 Å². The quantitative estimate of drug-likeness (QED) is 0.650. The van der Waals surface area contributed by atoms with Gasteiger partial charge in [0.25, 0.3) is 5.91 Å². The molecule has 4 rings (SSSR count). The predicted octanol–water partition coefficient (Wildman–Crippen LogP) is 3.26. The van der Waals surface area contributed by atoms with Crippen LogP contribution in [0.15, 0.2) is 58.9 Å². The Morgan fingerprint density at radius 1 is 1.17 bits per heavy atom. The Morgan fingerprint density at radius 2 is 2.00 bits per heavy atom. The van der Waals surface area contributed by atoms with Gasteiger partial charge in [0.2, 0.25) is 0 Å². The highest BCUT2D eigenvalue weighted by Crippen LogP contribution is 2.19. The minimum atomic E-state index is -0.129. The van der Waals surface area contributed by atoms with Crippen LogP contribution in [0.3, 0.4) is 0 Å². The fourth-order valence-electron chi connectivity index (χ4n) is 3.25. The number of ether oxygens (including phenoxy) is 1. The van der Waals surface area contributed by atoms with Crippen molar-refractivity contribution in [3.05, 3.63) is 59.8 Å². The molecular weight excluding hydrogens is 366 g/mol. The fourth-order valence-corrected chi connectivity index (χ4v) is 3.25. The Labute approximate surface area is 168 Å². The molecule has 1 aromatic heterocycles. The molecule has 0 bridgehead atoms. The van der Waals surface area contributed by atoms with Gasteiger partial charge in [0.1, 0.15) is 5.75 Å². The van der Waals surface area contributed by atoms with Gasteiger partial charge in [-0.15, -0.1) is 0 Å². The van der Waals surface area contributed by atoms with Crippen molar-refractivity contribution < 1.29 is 9.53 Å². The van der Waals surface area contributed by atoms with Crippen LogP contribution in [0.25, 0.3) is 10.9 Å². The number of carbonyl (C=O) groups excluding carboxylic acids is 1. The number of amides is 1. The summed E-state index contributed by atoms with van der Waals surface area (Å²) >= 11 is 0. The Bertz CT molecular complexity index is 1080. The van der Waals surface area contributed by atoms with Gasteiger partial charge >= 0.3 is 0 Å².